The number of aliphatic carboxylic acids is 1. The van der Waals surface area contributed by atoms with Crippen molar-refractivity contribution in [1.82, 2.24) is 4.90 Å². The maximum atomic E-state index is 11.9. The Hall–Kier alpha value is -1.40. The van der Waals surface area contributed by atoms with E-state index in [1.165, 1.54) is 0 Å². The van der Waals surface area contributed by atoms with Crippen molar-refractivity contribution in [2.75, 3.05) is 39.5 Å². The first-order valence-electron chi connectivity index (χ1n) is 7.39. The molecule has 120 valence electrons. The largest absolute Gasteiger partial charge is 0.478 e. The van der Waals surface area contributed by atoms with Gasteiger partial charge in [-0.25, -0.2) is 9.59 Å². The number of ether oxygens (including phenoxy) is 2. The summed E-state index contributed by atoms with van der Waals surface area (Å²) in [6.07, 6.45) is 2.11. The number of nitrogens with zero attached hydrogens (tertiary/aromatic N) is 1. The number of hydrogen-bond acceptors (Lipinski definition) is 5. The summed E-state index contributed by atoms with van der Waals surface area (Å²) in [6.45, 7) is 8.24. The molecule has 0 aromatic heterocycles. The summed E-state index contributed by atoms with van der Waals surface area (Å²) in [4.78, 5) is 24.9. The van der Waals surface area contributed by atoms with Crippen LogP contribution in [0.5, 0.6) is 0 Å². The molecule has 0 radical (unpaired) electrons. The minimum atomic E-state index is -1.11. The average molecular weight is 299 g/mol. The van der Waals surface area contributed by atoms with E-state index < -0.39 is 11.9 Å². The van der Waals surface area contributed by atoms with Crippen LogP contribution in [-0.2, 0) is 19.1 Å². The van der Waals surface area contributed by atoms with E-state index in [1.807, 2.05) is 13.8 Å². The number of rotatable bonds is 8. The smallest absolute Gasteiger partial charge is 0.334 e. The van der Waals surface area contributed by atoms with Gasteiger partial charge in [-0.2, -0.15) is 0 Å². The Balaban J connectivity index is 2.42. The lowest BCUT2D eigenvalue weighted by Crippen LogP contribution is -2.36. The van der Waals surface area contributed by atoms with Crippen LogP contribution in [0.2, 0.25) is 0 Å². The van der Waals surface area contributed by atoms with E-state index in [0.29, 0.717) is 13.0 Å². The number of esters is 1. The Bertz CT molecular complexity index is 372. The third-order valence-electron chi connectivity index (χ3n) is 3.13. The predicted octanol–water partition coefficient (Wildman–Crippen LogP) is 1.31. The van der Waals surface area contributed by atoms with Crippen LogP contribution in [0, 0.1) is 5.92 Å². The SMILES string of the molecule is CC(C)COC(=O)/C(=C/C(=O)O)CCCN1CCOCC1. The highest BCUT2D eigenvalue weighted by Crippen LogP contribution is 2.10. The van der Waals surface area contributed by atoms with Crippen LogP contribution in [0.25, 0.3) is 0 Å². The van der Waals surface area contributed by atoms with E-state index in [-0.39, 0.29) is 11.5 Å². The Kier molecular flexibility index (Phi) is 8.00. The van der Waals surface area contributed by atoms with Crippen molar-refractivity contribution in [2.45, 2.75) is 26.7 Å². The molecule has 0 spiro atoms. The number of carbonyl (C=O) groups excluding carboxylic acids is 1. The van der Waals surface area contributed by atoms with Gasteiger partial charge in [0.05, 0.1) is 19.8 Å². The molecule has 6 heteroatoms. The van der Waals surface area contributed by atoms with E-state index in [0.717, 1.165) is 45.3 Å². The molecule has 0 atom stereocenters. The number of morpholine rings is 1. The molecule has 0 aliphatic carbocycles. The lowest BCUT2D eigenvalue weighted by Gasteiger charge is -2.26. The summed E-state index contributed by atoms with van der Waals surface area (Å²) in [5, 5.41) is 8.85. The van der Waals surface area contributed by atoms with Crippen molar-refractivity contribution in [3.05, 3.63) is 11.6 Å². The van der Waals surface area contributed by atoms with Crippen molar-refractivity contribution in [3.8, 4) is 0 Å². The van der Waals surface area contributed by atoms with E-state index >= 15 is 0 Å². The molecule has 0 aromatic rings. The zero-order valence-electron chi connectivity index (χ0n) is 12.8. The number of carbonyl (C=O) groups is 2. The minimum absolute atomic E-state index is 0.230. The van der Waals surface area contributed by atoms with Gasteiger partial charge in [0.15, 0.2) is 0 Å². The van der Waals surface area contributed by atoms with Gasteiger partial charge >= 0.3 is 11.9 Å². The number of carboxylic acids is 1. The molecule has 6 nitrogen and oxygen atoms in total. The molecule has 1 aliphatic heterocycles. The lowest BCUT2D eigenvalue weighted by molar-refractivity contribution is -0.141. The highest BCUT2D eigenvalue weighted by atomic mass is 16.5. The van der Waals surface area contributed by atoms with Gasteiger partial charge in [-0.3, -0.25) is 4.90 Å². The second-order valence-corrected chi connectivity index (χ2v) is 5.56. The summed E-state index contributed by atoms with van der Waals surface area (Å²) < 4.78 is 10.4. The van der Waals surface area contributed by atoms with Crippen LogP contribution in [0.1, 0.15) is 26.7 Å². The molecule has 1 fully saturated rings. The zero-order valence-corrected chi connectivity index (χ0v) is 12.8. The summed E-state index contributed by atoms with van der Waals surface area (Å²) in [5.74, 6) is -1.40. The molecule has 0 saturated carbocycles. The summed E-state index contributed by atoms with van der Waals surface area (Å²) in [5.41, 5.74) is 0.233. The fourth-order valence-corrected chi connectivity index (χ4v) is 2.04. The number of carboxylic acid groups (broad SMARTS) is 1. The maximum Gasteiger partial charge on any atom is 0.334 e. The van der Waals surface area contributed by atoms with Crippen LogP contribution in [0.4, 0.5) is 0 Å². The highest BCUT2D eigenvalue weighted by Gasteiger charge is 2.15. The van der Waals surface area contributed by atoms with Crippen molar-refractivity contribution >= 4 is 11.9 Å². The summed E-state index contributed by atoms with van der Waals surface area (Å²) >= 11 is 0. The molecule has 21 heavy (non-hydrogen) atoms. The zero-order chi connectivity index (χ0) is 15.7. The van der Waals surface area contributed by atoms with Gasteiger partial charge in [-0.15, -0.1) is 0 Å². The lowest BCUT2D eigenvalue weighted by atomic mass is 10.1. The molecule has 1 N–H and O–H groups in total. The Morgan fingerprint density at radius 2 is 2.00 bits per heavy atom. The van der Waals surface area contributed by atoms with Gasteiger partial charge in [-0.05, 0) is 25.3 Å². The molecule has 0 aromatic carbocycles. The first-order valence-corrected chi connectivity index (χ1v) is 7.39. The van der Waals surface area contributed by atoms with Crippen molar-refractivity contribution < 1.29 is 24.2 Å². The van der Waals surface area contributed by atoms with Crippen molar-refractivity contribution in [3.63, 3.8) is 0 Å². The molecule has 1 saturated heterocycles. The van der Waals surface area contributed by atoms with Crippen LogP contribution in [-0.4, -0.2) is 61.4 Å². The normalized spacial score (nSPS) is 17.0. The molecule has 1 aliphatic rings. The molecule has 0 unspecified atom stereocenters. The molecular weight excluding hydrogens is 274 g/mol. The molecular formula is C15H25NO5. The quantitative estimate of drug-likeness (QED) is 0.538. The second kappa shape index (κ2) is 9.52. The van der Waals surface area contributed by atoms with Crippen LogP contribution >= 0.6 is 0 Å². The maximum absolute atomic E-state index is 11.9. The molecule has 1 rings (SSSR count). The Morgan fingerprint density at radius 3 is 2.57 bits per heavy atom. The molecule has 0 amide bonds. The van der Waals surface area contributed by atoms with Gasteiger partial charge in [0.1, 0.15) is 0 Å². The molecule has 1 heterocycles. The van der Waals surface area contributed by atoms with Crippen LogP contribution in [0.3, 0.4) is 0 Å². The van der Waals surface area contributed by atoms with Gasteiger partial charge in [0.25, 0.3) is 0 Å². The minimum Gasteiger partial charge on any atom is -0.478 e. The third kappa shape index (κ3) is 7.82. The van der Waals surface area contributed by atoms with E-state index in [9.17, 15) is 9.59 Å². The summed E-state index contributed by atoms with van der Waals surface area (Å²) in [6, 6.07) is 0. The van der Waals surface area contributed by atoms with Gasteiger partial charge < -0.3 is 14.6 Å². The number of hydrogen-bond donors (Lipinski definition) is 1. The van der Waals surface area contributed by atoms with E-state index in [4.69, 9.17) is 14.6 Å². The van der Waals surface area contributed by atoms with Crippen LogP contribution < -0.4 is 0 Å². The van der Waals surface area contributed by atoms with E-state index in [1.54, 1.807) is 0 Å². The second-order valence-electron chi connectivity index (χ2n) is 5.56. The fraction of sp³-hybridized carbons (Fsp3) is 0.733. The Morgan fingerprint density at radius 1 is 1.33 bits per heavy atom. The first kappa shape index (κ1) is 17.7. The third-order valence-corrected chi connectivity index (χ3v) is 3.13. The topological polar surface area (TPSA) is 76.1 Å². The highest BCUT2D eigenvalue weighted by molar-refractivity contribution is 5.95. The van der Waals surface area contributed by atoms with Crippen molar-refractivity contribution in [1.29, 1.82) is 0 Å². The predicted molar refractivity (Wildman–Crippen MR) is 78.0 cm³/mol. The van der Waals surface area contributed by atoms with Gasteiger partial charge in [0, 0.05) is 24.7 Å². The first-order chi connectivity index (χ1) is 9.99. The average Bonchev–Trinajstić information content (AvgIpc) is 2.44. The summed E-state index contributed by atoms with van der Waals surface area (Å²) in [7, 11) is 0. The van der Waals surface area contributed by atoms with Crippen molar-refractivity contribution in [2.24, 2.45) is 5.92 Å². The molecule has 0 bridgehead atoms. The van der Waals surface area contributed by atoms with Gasteiger partial charge in [0.2, 0.25) is 0 Å². The van der Waals surface area contributed by atoms with Gasteiger partial charge in [-0.1, -0.05) is 13.8 Å². The monoisotopic (exact) mass is 299 g/mol. The fourth-order valence-electron chi connectivity index (χ4n) is 2.04. The van der Waals surface area contributed by atoms with E-state index in [2.05, 4.69) is 4.90 Å². The van der Waals surface area contributed by atoms with Crippen LogP contribution in [0.15, 0.2) is 11.6 Å². The standard InChI is InChI=1S/C15H25NO5/c1-12(2)11-21-15(19)13(10-14(17)18)4-3-5-16-6-8-20-9-7-16/h10,12H,3-9,11H2,1-2H3,(H,17,18)/b13-10+. The Labute approximate surface area is 125 Å².